The van der Waals surface area contributed by atoms with Gasteiger partial charge in [-0.1, -0.05) is 32.0 Å². The summed E-state index contributed by atoms with van der Waals surface area (Å²) >= 11 is 0. The minimum Gasteiger partial charge on any atom is -0.383 e. The summed E-state index contributed by atoms with van der Waals surface area (Å²) in [5.41, 5.74) is 2.80. The van der Waals surface area contributed by atoms with Gasteiger partial charge >= 0.3 is 0 Å². The number of carbonyl (C=O) groups excluding carboxylic acids is 1. The number of rotatable bonds is 7. The van der Waals surface area contributed by atoms with Gasteiger partial charge in [0.05, 0.1) is 12.2 Å². The summed E-state index contributed by atoms with van der Waals surface area (Å²) in [5, 5.41) is 6.08. The van der Waals surface area contributed by atoms with Gasteiger partial charge in [0.1, 0.15) is 5.82 Å². The molecule has 0 bridgehead atoms. The highest BCUT2D eigenvalue weighted by molar-refractivity contribution is 5.94. The molecule has 2 aromatic rings. The van der Waals surface area contributed by atoms with Crippen LogP contribution in [0.25, 0.3) is 0 Å². The van der Waals surface area contributed by atoms with E-state index in [0.29, 0.717) is 30.5 Å². The molecule has 1 aromatic heterocycles. The molecule has 0 aliphatic heterocycles. The third-order valence-corrected chi connectivity index (χ3v) is 3.46. The molecule has 0 spiro atoms. The zero-order valence-corrected chi connectivity index (χ0v) is 13.8. The van der Waals surface area contributed by atoms with Crippen LogP contribution in [-0.2, 0) is 4.74 Å². The third kappa shape index (κ3) is 4.79. The first-order valence-corrected chi connectivity index (χ1v) is 7.71. The lowest BCUT2D eigenvalue weighted by molar-refractivity contribution is 0.0937. The van der Waals surface area contributed by atoms with Crippen LogP contribution in [0.4, 0.5) is 11.5 Å². The summed E-state index contributed by atoms with van der Waals surface area (Å²) < 4.78 is 4.90. The van der Waals surface area contributed by atoms with E-state index < -0.39 is 0 Å². The number of aromatic nitrogens is 1. The van der Waals surface area contributed by atoms with E-state index in [1.165, 1.54) is 5.56 Å². The average molecular weight is 313 g/mol. The molecule has 122 valence electrons. The molecule has 1 amide bonds. The standard InChI is InChI=1S/C18H23N3O2/c1-13(2)15-6-4-5-7-16(15)21-17-9-8-14(12-20-17)18(22)19-10-11-23-3/h4-9,12-13H,10-11H2,1-3H3,(H,19,22)(H,20,21). The molecule has 2 rings (SSSR count). The molecule has 2 N–H and O–H groups in total. The van der Waals surface area contributed by atoms with Crippen LogP contribution in [0.5, 0.6) is 0 Å². The Morgan fingerprint density at radius 3 is 2.65 bits per heavy atom. The van der Waals surface area contributed by atoms with Crippen molar-refractivity contribution >= 4 is 17.4 Å². The number of hydrogen-bond donors (Lipinski definition) is 2. The van der Waals surface area contributed by atoms with Gasteiger partial charge in [0.15, 0.2) is 0 Å². The number of carbonyl (C=O) groups is 1. The third-order valence-electron chi connectivity index (χ3n) is 3.46. The zero-order chi connectivity index (χ0) is 16.7. The van der Waals surface area contributed by atoms with E-state index in [2.05, 4.69) is 35.5 Å². The van der Waals surface area contributed by atoms with Gasteiger partial charge in [0, 0.05) is 25.5 Å². The zero-order valence-electron chi connectivity index (χ0n) is 13.8. The van der Waals surface area contributed by atoms with Gasteiger partial charge in [-0.25, -0.2) is 4.98 Å². The monoisotopic (exact) mass is 313 g/mol. The number of anilines is 2. The predicted molar refractivity (Wildman–Crippen MR) is 92.3 cm³/mol. The Balaban J connectivity index is 2.04. The Bertz CT molecular complexity index is 639. The number of nitrogens with one attached hydrogen (secondary N) is 2. The summed E-state index contributed by atoms with van der Waals surface area (Å²) in [6, 6.07) is 11.7. The maximum absolute atomic E-state index is 11.9. The highest BCUT2D eigenvalue weighted by Crippen LogP contribution is 2.26. The van der Waals surface area contributed by atoms with Gasteiger partial charge in [-0.3, -0.25) is 4.79 Å². The molecule has 0 saturated carbocycles. The van der Waals surface area contributed by atoms with Gasteiger partial charge in [0.25, 0.3) is 5.91 Å². The summed E-state index contributed by atoms with van der Waals surface area (Å²) in [6.07, 6.45) is 1.57. The number of methoxy groups -OCH3 is 1. The Hall–Kier alpha value is -2.40. The van der Waals surface area contributed by atoms with Crippen molar-refractivity contribution in [1.82, 2.24) is 10.3 Å². The second kappa shape index (κ2) is 8.29. The topological polar surface area (TPSA) is 63.2 Å². The SMILES string of the molecule is COCCNC(=O)c1ccc(Nc2ccccc2C(C)C)nc1. The maximum atomic E-state index is 11.9. The van der Waals surface area contributed by atoms with Crippen LogP contribution >= 0.6 is 0 Å². The first kappa shape index (κ1) is 17.0. The van der Waals surface area contributed by atoms with Crippen molar-refractivity contribution in [2.24, 2.45) is 0 Å². The average Bonchev–Trinajstić information content (AvgIpc) is 2.56. The first-order valence-electron chi connectivity index (χ1n) is 7.71. The van der Waals surface area contributed by atoms with Crippen LogP contribution in [0.3, 0.4) is 0 Å². The number of ether oxygens (including phenoxy) is 1. The van der Waals surface area contributed by atoms with Crippen molar-refractivity contribution in [3.63, 3.8) is 0 Å². The number of hydrogen-bond acceptors (Lipinski definition) is 4. The molecule has 1 heterocycles. The minimum absolute atomic E-state index is 0.149. The molecule has 0 aliphatic rings. The van der Waals surface area contributed by atoms with E-state index in [9.17, 15) is 4.79 Å². The Labute approximate surface area is 137 Å². The first-order chi connectivity index (χ1) is 11.1. The number of para-hydroxylation sites is 1. The quantitative estimate of drug-likeness (QED) is 0.770. The number of amides is 1. The molecule has 1 aromatic carbocycles. The Kier molecular flexibility index (Phi) is 6.11. The molecule has 5 heteroatoms. The van der Waals surface area contributed by atoms with Crippen molar-refractivity contribution in [2.75, 3.05) is 25.6 Å². The van der Waals surface area contributed by atoms with Crippen LogP contribution in [0.1, 0.15) is 35.7 Å². The predicted octanol–water partition coefficient (Wildman–Crippen LogP) is 3.32. The van der Waals surface area contributed by atoms with E-state index in [-0.39, 0.29) is 5.91 Å². The highest BCUT2D eigenvalue weighted by atomic mass is 16.5. The van der Waals surface area contributed by atoms with E-state index >= 15 is 0 Å². The van der Waals surface area contributed by atoms with Crippen LogP contribution in [0, 0.1) is 0 Å². The molecular weight excluding hydrogens is 290 g/mol. The fraction of sp³-hybridized carbons (Fsp3) is 0.333. The molecule has 0 saturated heterocycles. The van der Waals surface area contributed by atoms with Gasteiger partial charge in [-0.15, -0.1) is 0 Å². The van der Waals surface area contributed by atoms with Gasteiger partial charge < -0.3 is 15.4 Å². The summed E-state index contributed by atoms with van der Waals surface area (Å²) in [5.74, 6) is 0.986. The molecule has 0 fully saturated rings. The molecule has 23 heavy (non-hydrogen) atoms. The van der Waals surface area contributed by atoms with Crippen molar-refractivity contribution in [2.45, 2.75) is 19.8 Å². The van der Waals surface area contributed by atoms with E-state index in [1.54, 1.807) is 19.4 Å². The van der Waals surface area contributed by atoms with E-state index in [4.69, 9.17) is 4.74 Å². The normalized spacial score (nSPS) is 10.6. The number of nitrogens with zero attached hydrogens (tertiary/aromatic N) is 1. The maximum Gasteiger partial charge on any atom is 0.252 e. The fourth-order valence-corrected chi connectivity index (χ4v) is 2.22. The summed E-state index contributed by atoms with van der Waals surface area (Å²) in [6.45, 7) is 5.28. The Morgan fingerprint density at radius 1 is 1.22 bits per heavy atom. The number of pyridine rings is 1. The molecule has 0 radical (unpaired) electrons. The van der Waals surface area contributed by atoms with Gasteiger partial charge in [0.2, 0.25) is 0 Å². The van der Waals surface area contributed by atoms with Crippen LogP contribution in [-0.4, -0.2) is 31.2 Å². The molecule has 0 atom stereocenters. The summed E-state index contributed by atoms with van der Waals surface area (Å²) in [4.78, 5) is 16.2. The second-order valence-corrected chi connectivity index (χ2v) is 5.55. The largest absolute Gasteiger partial charge is 0.383 e. The lowest BCUT2D eigenvalue weighted by atomic mass is 10.0. The number of benzene rings is 1. The van der Waals surface area contributed by atoms with Crippen molar-refractivity contribution in [3.05, 3.63) is 53.7 Å². The smallest absolute Gasteiger partial charge is 0.252 e. The lowest BCUT2D eigenvalue weighted by Crippen LogP contribution is -2.27. The van der Waals surface area contributed by atoms with E-state index in [1.807, 2.05) is 24.3 Å². The summed E-state index contributed by atoms with van der Waals surface area (Å²) in [7, 11) is 1.60. The van der Waals surface area contributed by atoms with Crippen molar-refractivity contribution in [3.8, 4) is 0 Å². The fourth-order valence-electron chi connectivity index (χ4n) is 2.22. The molecule has 0 aliphatic carbocycles. The Morgan fingerprint density at radius 2 is 2.00 bits per heavy atom. The minimum atomic E-state index is -0.149. The van der Waals surface area contributed by atoms with Crippen LogP contribution in [0.15, 0.2) is 42.6 Å². The van der Waals surface area contributed by atoms with Crippen molar-refractivity contribution in [1.29, 1.82) is 0 Å². The van der Waals surface area contributed by atoms with Crippen LogP contribution in [0.2, 0.25) is 0 Å². The molecule has 5 nitrogen and oxygen atoms in total. The van der Waals surface area contributed by atoms with Gasteiger partial charge in [-0.2, -0.15) is 0 Å². The second-order valence-electron chi connectivity index (χ2n) is 5.55. The molecular formula is C18H23N3O2. The van der Waals surface area contributed by atoms with E-state index in [0.717, 1.165) is 5.69 Å². The molecule has 0 unspecified atom stereocenters. The van der Waals surface area contributed by atoms with Crippen LogP contribution < -0.4 is 10.6 Å². The lowest BCUT2D eigenvalue weighted by Gasteiger charge is -2.14. The highest BCUT2D eigenvalue weighted by Gasteiger charge is 2.08. The van der Waals surface area contributed by atoms with Gasteiger partial charge in [-0.05, 0) is 29.7 Å². The van der Waals surface area contributed by atoms with Crippen molar-refractivity contribution < 1.29 is 9.53 Å².